The van der Waals surface area contributed by atoms with Crippen molar-refractivity contribution in [2.24, 2.45) is 0 Å². The molecular formula is C11H18Cl3NO3. The largest absolute Gasteiger partial charge is 0.376 e. The van der Waals surface area contributed by atoms with Crippen molar-refractivity contribution >= 4 is 40.7 Å². The summed E-state index contributed by atoms with van der Waals surface area (Å²) in [5.74, 6) is -0.579. The summed E-state index contributed by atoms with van der Waals surface area (Å²) < 4.78 is 9.24. The number of halogens is 3. The van der Waals surface area contributed by atoms with E-state index in [1.807, 2.05) is 13.8 Å². The van der Waals surface area contributed by atoms with Crippen LogP contribution in [0.15, 0.2) is 0 Å². The van der Waals surface area contributed by atoms with Crippen molar-refractivity contribution in [3.8, 4) is 0 Å². The second-order valence-corrected chi connectivity index (χ2v) is 7.26. The van der Waals surface area contributed by atoms with Crippen molar-refractivity contribution in [1.82, 2.24) is 4.90 Å². The maximum Gasteiger partial charge on any atom is 0.277 e. The molecule has 106 valence electrons. The number of ether oxygens (including phenoxy) is 2. The Balaban J connectivity index is 2.68. The zero-order valence-electron chi connectivity index (χ0n) is 10.9. The van der Waals surface area contributed by atoms with Crippen molar-refractivity contribution in [2.45, 2.75) is 49.4 Å². The first-order valence-corrected chi connectivity index (χ1v) is 6.85. The molecule has 7 heteroatoms. The Morgan fingerprint density at radius 1 is 1.50 bits per heavy atom. The molecule has 18 heavy (non-hydrogen) atoms. The van der Waals surface area contributed by atoms with Crippen LogP contribution in [0.25, 0.3) is 0 Å². The Labute approximate surface area is 122 Å². The minimum atomic E-state index is -1.96. The van der Waals surface area contributed by atoms with Gasteiger partial charge in [0, 0.05) is 0 Å². The molecule has 0 aliphatic carbocycles. The highest BCUT2D eigenvalue weighted by Crippen LogP contribution is 2.35. The van der Waals surface area contributed by atoms with Gasteiger partial charge in [0.25, 0.3) is 9.70 Å². The molecule has 1 amide bonds. The first-order valence-electron chi connectivity index (χ1n) is 5.72. The van der Waals surface area contributed by atoms with Gasteiger partial charge in [-0.2, -0.15) is 0 Å². The smallest absolute Gasteiger partial charge is 0.277 e. The number of amides is 1. The topological polar surface area (TPSA) is 38.8 Å². The molecule has 0 aromatic carbocycles. The summed E-state index contributed by atoms with van der Waals surface area (Å²) in [4.78, 5) is 13.4. The number of carbonyl (C=O) groups is 1. The number of nitrogens with zero attached hydrogens (tertiary/aromatic N) is 1. The molecule has 0 aromatic heterocycles. The standard InChI is InChI=1S/C11H18Cl3NO3/c1-7(2)17-6-8-5-15(10(3,4)18-8)9(16)11(12,13)14/h7-8H,5-6H2,1-4H3. The summed E-state index contributed by atoms with van der Waals surface area (Å²) in [5.41, 5.74) is -0.800. The molecule has 0 bridgehead atoms. The fourth-order valence-electron chi connectivity index (χ4n) is 1.80. The highest BCUT2D eigenvalue weighted by molar-refractivity contribution is 6.76. The lowest BCUT2D eigenvalue weighted by atomic mass is 10.2. The van der Waals surface area contributed by atoms with Gasteiger partial charge in [-0.05, 0) is 27.7 Å². The van der Waals surface area contributed by atoms with Gasteiger partial charge < -0.3 is 14.4 Å². The zero-order chi connectivity index (χ0) is 14.1. The molecule has 0 aromatic rings. The molecule has 1 atom stereocenters. The normalized spacial score (nSPS) is 23.8. The molecule has 1 rings (SSSR count). The number of hydrogen-bond acceptors (Lipinski definition) is 3. The van der Waals surface area contributed by atoms with E-state index in [2.05, 4.69) is 0 Å². The highest BCUT2D eigenvalue weighted by atomic mass is 35.6. The molecule has 1 unspecified atom stereocenters. The lowest BCUT2D eigenvalue weighted by Crippen LogP contribution is -2.48. The average molecular weight is 319 g/mol. The Morgan fingerprint density at radius 2 is 2.06 bits per heavy atom. The van der Waals surface area contributed by atoms with Gasteiger partial charge >= 0.3 is 0 Å². The average Bonchev–Trinajstić information content (AvgIpc) is 2.48. The molecule has 1 fully saturated rings. The molecule has 1 aliphatic heterocycles. The van der Waals surface area contributed by atoms with Crippen LogP contribution < -0.4 is 0 Å². The number of alkyl halides is 3. The van der Waals surface area contributed by atoms with Crippen LogP contribution in [0.4, 0.5) is 0 Å². The molecule has 4 nitrogen and oxygen atoms in total. The van der Waals surface area contributed by atoms with Crippen molar-refractivity contribution < 1.29 is 14.3 Å². The summed E-state index contributed by atoms with van der Waals surface area (Å²) in [6.07, 6.45) is -0.103. The predicted molar refractivity (Wildman–Crippen MR) is 72.0 cm³/mol. The second kappa shape index (κ2) is 5.71. The van der Waals surface area contributed by atoms with Crippen LogP contribution in [0.5, 0.6) is 0 Å². The lowest BCUT2D eigenvalue weighted by molar-refractivity contribution is -0.146. The summed E-state index contributed by atoms with van der Waals surface area (Å²) in [6, 6.07) is 0. The quantitative estimate of drug-likeness (QED) is 0.751. The number of rotatable bonds is 3. The van der Waals surface area contributed by atoms with Crippen molar-refractivity contribution in [1.29, 1.82) is 0 Å². The number of hydrogen-bond donors (Lipinski definition) is 0. The summed E-state index contributed by atoms with van der Waals surface area (Å²) >= 11 is 16.9. The minimum absolute atomic E-state index is 0.106. The van der Waals surface area contributed by atoms with Gasteiger partial charge in [0.2, 0.25) is 0 Å². The van der Waals surface area contributed by atoms with Crippen LogP contribution >= 0.6 is 34.8 Å². The van der Waals surface area contributed by atoms with E-state index in [0.717, 1.165) is 0 Å². The van der Waals surface area contributed by atoms with Crippen LogP contribution in [0, 0.1) is 0 Å². The molecule has 0 spiro atoms. The first kappa shape index (κ1) is 16.3. The van der Waals surface area contributed by atoms with Gasteiger partial charge in [-0.15, -0.1) is 0 Å². The van der Waals surface area contributed by atoms with E-state index >= 15 is 0 Å². The van der Waals surface area contributed by atoms with E-state index in [1.165, 1.54) is 4.90 Å². The van der Waals surface area contributed by atoms with Gasteiger partial charge in [-0.1, -0.05) is 34.8 Å². The Bertz CT molecular complexity index is 315. The van der Waals surface area contributed by atoms with Gasteiger partial charge in [-0.25, -0.2) is 0 Å². The molecule has 1 heterocycles. The fourth-order valence-corrected chi connectivity index (χ4v) is 2.11. The van der Waals surface area contributed by atoms with Crippen molar-refractivity contribution in [3.63, 3.8) is 0 Å². The summed E-state index contributed by atoms with van der Waals surface area (Å²) in [6.45, 7) is 8.15. The monoisotopic (exact) mass is 317 g/mol. The van der Waals surface area contributed by atoms with Gasteiger partial charge in [-0.3, -0.25) is 4.79 Å². The minimum Gasteiger partial charge on any atom is -0.376 e. The van der Waals surface area contributed by atoms with Crippen molar-refractivity contribution in [3.05, 3.63) is 0 Å². The lowest BCUT2D eigenvalue weighted by Gasteiger charge is -2.31. The second-order valence-electron chi connectivity index (χ2n) is 4.98. The van der Waals surface area contributed by atoms with Crippen molar-refractivity contribution in [2.75, 3.05) is 13.2 Å². The summed E-state index contributed by atoms with van der Waals surface area (Å²) in [7, 11) is 0. The van der Waals surface area contributed by atoms with Gasteiger partial charge in [0.15, 0.2) is 0 Å². The van der Waals surface area contributed by atoms with Gasteiger partial charge in [0.05, 0.1) is 19.3 Å². The van der Waals surface area contributed by atoms with Crippen LogP contribution in [-0.2, 0) is 14.3 Å². The third-order valence-corrected chi connectivity index (χ3v) is 3.08. The molecule has 0 radical (unpaired) electrons. The maximum atomic E-state index is 12.0. The van der Waals surface area contributed by atoms with E-state index in [0.29, 0.717) is 13.2 Å². The Hall–Kier alpha value is 0.260. The van der Waals surface area contributed by atoms with E-state index < -0.39 is 15.4 Å². The predicted octanol–water partition coefficient (Wildman–Crippen LogP) is 2.75. The van der Waals surface area contributed by atoms with E-state index in [9.17, 15) is 4.79 Å². The third kappa shape index (κ3) is 4.14. The first-order chi connectivity index (χ1) is 8.04. The summed E-state index contributed by atoms with van der Waals surface area (Å²) in [5, 5.41) is 0. The van der Waals surface area contributed by atoms with Gasteiger partial charge in [0.1, 0.15) is 11.8 Å². The van der Waals surface area contributed by atoms with Crippen LogP contribution in [0.1, 0.15) is 27.7 Å². The van der Waals surface area contributed by atoms with E-state index in [4.69, 9.17) is 44.3 Å². The zero-order valence-corrected chi connectivity index (χ0v) is 13.1. The molecule has 0 N–H and O–H groups in total. The third-order valence-electron chi connectivity index (χ3n) is 2.59. The highest BCUT2D eigenvalue weighted by Gasteiger charge is 2.48. The molecule has 0 saturated carbocycles. The molecule has 1 aliphatic rings. The van der Waals surface area contributed by atoms with E-state index in [-0.39, 0.29) is 12.2 Å². The fraction of sp³-hybridized carbons (Fsp3) is 0.909. The SMILES string of the molecule is CC(C)OCC1CN(C(=O)C(Cl)(Cl)Cl)C(C)(C)O1. The Morgan fingerprint density at radius 3 is 2.50 bits per heavy atom. The number of carbonyl (C=O) groups excluding carboxylic acids is 1. The molecule has 1 saturated heterocycles. The van der Waals surface area contributed by atoms with Crippen LogP contribution in [0.3, 0.4) is 0 Å². The molecular weight excluding hydrogens is 300 g/mol. The Kier molecular flexibility index (Phi) is 5.18. The maximum absolute atomic E-state index is 12.0. The van der Waals surface area contributed by atoms with Crippen LogP contribution in [0.2, 0.25) is 0 Å². The van der Waals surface area contributed by atoms with Crippen LogP contribution in [-0.4, -0.2) is 45.7 Å². The van der Waals surface area contributed by atoms with E-state index in [1.54, 1.807) is 13.8 Å².